The molecule has 0 bridgehead atoms. The van der Waals surface area contributed by atoms with Gasteiger partial charge in [0.2, 0.25) is 0 Å². The van der Waals surface area contributed by atoms with Crippen molar-refractivity contribution in [1.82, 2.24) is 9.78 Å². The van der Waals surface area contributed by atoms with Crippen LogP contribution >= 0.6 is 15.9 Å². The maximum atomic E-state index is 12.5. The van der Waals surface area contributed by atoms with E-state index in [1.165, 1.54) is 18.3 Å². The molecule has 1 aromatic heterocycles. The van der Waals surface area contributed by atoms with Gasteiger partial charge in [0, 0.05) is 5.56 Å². The molecule has 0 amide bonds. The highest BCUT2D eigenvalue weighted by Gasteiger charge is 2.31. The number of aliphatic imine (C=N–C) groups is 1. The molecular formula is C23H33BrF3N3O. The van der Waals surface area contributed by atoms with Crippen molar-refractivity contribution in [1.29, 1.82) is 0 Å². The van der Waals surface area contributed by atoms with E-state index in [0.717, 1.165) is 0 Å². The predicted octanol–water partition coefficient (Wildman–Crippen LogP) is 8.67. The zero-order chi connectivity index (χ0) is 24.6. The van der Waals surface area contributed by atoms with Crippen LogP contribution in [-0.4, -0.2) is 22.9 Å². The fraction of sp³-hybridized carbons (Fsp3) is 0.391. The average Bonchev–Trinajstić information content (AvgIpc) is 3.12. The largest absolute Gasteiger partial charge is 0.573 e. The van der Waals surface area contributed by atoms with Crippen LogP contribution in [0.4, 0.5) is 13.2 Å². The Kier molecular flexibility index (Phi) is 16.3. The Labute approximate surface area is 192 Å². The minimum Gasteiger partial charge on any atom is -0.406 e. The van der Waals surface area contributed by atoms with Gasteiger partial charge >= 0.3 is 6.36 Å². The van der Waals surface area contributed by atoms with Gasteiger partial charge in [-0.15, -0.1) is 13.2 Å². The van der Waals surface area contributed by atoms with Crippen molar-refractivity contribution in [3.05, 3.63) is 52.8 Å². The molecule has 0 spiro atoms. The topological polar surface area (TPSA) is 39.4 Å². The highest BCUT2D eigenvalue weighted by Crippen LogP contribution is 2.32. The van der Waals surface area contributed by atoms with Crippen molar-refractivity contribution in [3.8, 4) is 17.0 Å². The fourth-order valence-electron chi connectivity index (χ4n) is 2.28. The predicted molar refractivity (Wildman–Crippen MR) is 129 cm³/mol. The summed E-state index contributed by atoms with van der Waals surface area (Å²) in [7, 11) is 0. The summed E-state index contributed by atoms with van der Waals surface area (Å²) in [6.45, 7) is 18.9. The van der Waals surface area contributed by atoms with E-state index in [2.05, 4.69) is 37.5 Å². The van der Waals surface area contributed by atoms with Crippen LogP contribution in [0.5, 0.6) is 5.75 Å². The van der Waals surface area contributed by atoms with Crippen LogP contribution in [0.1, 0.15) is 54.0 Å². The van der Waals surface area contributed by atoms with Crippen LogP contribution in [0.2, 0.25) is 0 Å². The smallest absolute Gasteiger partial charge is 0.406 e. The molecule has 31 heavy (non-hydrogen) atoms. The highest BCUT2D eigenvalue weighted by atomic mass is 79.9. The van der Waals surface area contributed by atoms with Crippen molar-refractivity contribution in [2.24, 2.45) is 4.99 Å². The van der Waals surface area contributed by atoms with Gasteiger partial charge in [-0.25, -0.2) is 4.68 Å². The summed E-state index contributed by atoms with van der Waals surface area (Å²) < 4.78 is 43.7. The van der Waals surface area contributed by atoms with Gasteiger partial charge in [0.25, 0.3) is 0 Å². The first-order valence-corrected chi connectivity index (χ1v) is 10.9. The Morgan fingerprint density at radius 2 is 1.68 bits per heavy atom. The third-order valence-corrected chi connectivity index (χ3v) is 3.45. The monoisotopic (exact) mass is 503 g/mol. The van der Waals surface area contributed by atoms with E-state index in [-0.39, 0.29) is 5.75 Å². The number of rotatable bonds is 5. The molecule has 0 saturated heterocycles. The molecule has 0 aliphatic carbocycles. The fourth-order valence-corrected chi connectivity index (χ4v) is 2.65. The molecule has 0 N–H and O–H groups in total. The summed E-state index contributed by atoms with van der Waals surface area (Å²) in [5, 5.41) is 4.32. The number of halogens is 4. The van der Waals surface area contributed by atoms with E-state index in [9.17, 15) is 13.2 Å². The molecule has 8 heteroatoms. The Morgan fingerprint density at radius 3 is 2.16 bits per heavy atom. The van der Waals surface area contributed by atoms with Gasteiger partial charge in [-0.05, 0) is 72.4 Å². The van der Waals surface area contributed by atoms with Crippen LogP contribution in [-0.2, 0) is 0 Å². The highest BCUT2D eigenvalue weighted by molar-refractivity contribution is 9.10. The number of hydrogen-bond donors (Lipinski definition) is 0. The molecule has 0 unspecified atom stereocenters. The zero-order valence-electron chi connectivity index (χ0n) is 19.5. The maximum absolute atomic E-state index is 12.5. The number of hydrogen-bond acceptors (Lipinski definition) is 3. The summed E-state index contributed by atoms with van der Waals surface area (Å²) in [6, 6.07) is 6.08. The first kappa shape index (κ1) is 30.8. The molecule has 0 fully saturated rings. The number of nitrogens with zero attached hydrogens (tertiary/aromatic N) is 3. The summed E-state index contributed by atoms with van der Waals surface area (Å²) in [5.74, 6) is -0.287. The second-order valence-corrected chi connectivity index (χ2v) is 5.90. The molecule has 2 rings (SSSR count). The molecule has 0 radical (unpaired) electrons. The van der Waals surface area contributed by atoms with Crippen LogP contribution < -0.4 is 4.74 Å². The molecular weight excluding hydrogens is 471 g/mol. The molecule has 174 valence electrons. The third kappa shape index (κ3) is 11.0. The van der Waals surface area contributed by atoms with Crippen LogP contribution in [0.25, 0.3) is 17.0 Å². The Balaban J connectivity index is 0. The van der Waals surface area contributed by atoms with Crippen molar-refractivity contribution in [2.75, 3.05) is 0 Å². The maximum Gasteiger partial charge on any atom is 0.573 e. The molecule has 1 heterocycles. The molecule has 0 saturated carbocycles. The van der Waals surface area contributed by atoms with E-state index in [0.29, 0.717) is 27.1 Å². The minimum atomic E-state index is -4.76. The number of aryl methyl sites for hydroxylation is 1. The van der Waals surface area contributed by atoms with E-state index in [4.69, 9.17) is 0 Å². The van der Waals surface area contributed by atoms with Crippen LogP contribution in [0.3, 0.4) is 0 Å². The lowest BCUT2D eigenvalue weighted by molar-refractivity contribution is -0.274. The number of aromatic nitrogens is 2. The zero-order valence-corrected chi connectivity index (χ0v) is 21.1. The van der Waals surface area contributed by atoms with Crippen LogP contribution in [0.15, 0.2) is 52.2 Å². The molecule has 0 aliphatic heterocycles. The number of ether oxygens (including phenoxy) is 1. The van der Waals surface area contributed by atoms with Crippen molar-refractivity contribution >= 4 is 28.3 Å². The van der Waals surface area contributed by atoms with Gasteiger partial charge < -0.3 is 4.74 Å². The Bertz CT molecular complexity index is 841. The van der Waals surface area contributed by atoms with E-state index < -0.39 is 6.36 Å². The van der Waals surface area contributed by atoms with E-state index in [1.807, 2.05) is 48.5 Å². The second-order valence-electron chi connectivity index (χ2n) is 5.08. The molecule has 4 nitrogen and oxygen atoms in total. The van der Waals surface area contributed by atoms with Gasteiger partial charge in [-0.2, -0.15) is 5.10 Å². The standard InChI is InChI=1S/C17H15BrF3N3O.3C2H6/c1-4-5-13(10-22-3)24-15(9-16(18)23-24)12-6-11(2)7-14(8-12)25-17(19,20)21;3*1-2/h4-10H,3H2,1-2H3;3*1-2H3/b5-4-,13-10+;;;. The van der Waals surface area contributed by atoms with Gasteiger partial charge in [0.1, 0.15) is 10.4 Å². The normalized spacial score (nSPS) is 10.8. The van der Waals surface area contributed by atoms with E-state index >= 15 is 0 Å². The number of benzene rings is 1. The summed E-state index contributed by atoms with van der Waals surface area (Å²) >= 11 is 3.30. The van der Waals surface area contributed by atoms with Crippen molar-refractivity contribution in [3.63, 3.8) is 0 Å². The Hall–Kier alpha value is -2.35. The van der Waals surface area contributed by atoms with Crippen molar-refractivity contribution in [2.45, 2.75) is 61.8 Å². The number of allylic oxidation sites excluding steroid dienone is 3. The summed E-state index contributed by atoms with van der Waals surface area (Å²) in [4.78, 5) is 3.75. The average molecular weight is 504 g/mol. The molecule has 0 atom stereocenters. The first-order valence-electron chi connectivity index (χ1n) is 10.2. The SMILES string of the molecule is C=N/C=C(\C=C/C)n1nc(Br)cc1-c1cc(C)cc(OC(F)(F)F)c1.CC.CC.CC. The van der Waals surface area contributed by atoms with Gasteiger partial charge in [-0.3, -0.25) is 4.99 Å². The lowest BCUT2D eigenvalue weighted by atomic mass is 10.1. The van der Waals surface area contributed by atoms with Gasteiger partial charge in [0.15, 0.2) is 0 Å². The van der Waals surface area contributed by atoms with Gasteiger partial charge in [-0.1, -0.05) is 47.6 Å². The second kappa shape index (κ2) is 16.4. The summed E-state index contributed by atoms with van der Waals surface area (Å²) in [6.07, 6.45) is 0.311. The number of alkyl halides is 3. The Morgan fingerprint density at radius 1 is 1.10 bits per heavy atom. The molecule has 2 aromatic rings. The molecule has 0 aliphatic rings. The van der Waals surface area contributed by atoms with E-state index in [1.54, 1.807) is 35.9 Å². The quantitative estimate of drug-likeness (QED) is 0.302. The minimum absolute atomic E-state index is 0.287. The lowest BCUT2D eigenvalue weighted by Gasteiger charge is -2.13. The van der Waals surface area contributed by atoms with Crippen molar-refractivity contribution < 1.29 is 17.9 Å². The summed E-state index contributed by atoms with van der Waals surface area (Å²) in [5.41, 5.74) is 2.34. The molecule has 1 aromatic carbocycles. The third-order valence-electron chi connectivity index (χ3n) is 3.07. The lowest BCUT2D eigenvalue weighted by Crippen LogP contribution is -2.17. The van der Waals surface area contributed by atoms with Gasteiger partial charge in [0.05, 0.1) is 17.6 Å². The van der Waals surface area contributed by atoms with Crippen LogP contribution in [0, 0.1) is 6.92 Å². The first-order chi connectivity index (χ1) is 14.7.